The molecule has 2 N–H and O–H groups in total. The van der Waals surface area contributed by atoms with E-state index in [1.807, 2.05) is 0 Å². The van der Waals surface area contributed by atoms with E-state index in [1.54, 1.807) is 35.9 Å². The van der Waals surface area contributed by atoms with Gasteiger partial charge in [-0.25, -0.2) is 4.79 Å². The zero-order valence-electron chi connectivity index (χ0n) is 11.8. The highest BCUT2D eigenvalue weighted by Gasteiger charge is 2.16. The molecular weight excluding hydrogens is 322 g/mol. The average molecular weight is 333 g/mol. The molecule has 0 aromatic carbocycles. The van der Waals surface area contributed by atoms with Gasteiger partial charge in [-0.05, 0) is 18.2 Å². The number of nitrogens with zero attached hydrogens (tertiary/aromatic N) is 2. The van der Waals surface area contributed by atoms with Crippen LogP contribution in [0.25, 0.3) is 11.5 Å². The molecule has 0 saturated carbocycles. The van der Waals surface area contributed by atoms with Crippen LogP contribution in [0.2, 0.25) is 0 Å². The predicted molar refractivity (Wildman–Crippen MR) is 83.0 cm³/mol. The number of aliphatic carboxylic acids is 1. The van der Waals surface area contributed by atoms with Gasteiger partial charge in [0.1, 0.15) is 7.11 Å². The van der Waals surface area contributed by atoms with Gasteiger partial charge < -0.3 is 24.2 Å². The van der Waals surface area contributed by atoms with Crippen LogP contribution in [0, 0.1) is 0 Å². The molecule has 3 aromatic heterocycles. The largest absolute Gasteiger partial charge is 0.476 e. The van der Waals surface area contributed by atoms with Crippen LogP contribution in [0.5, 0.6) is 0 Å². The first kappa shape index (κ1) is 14.9. The van der Waals surface area contributed by atoms with E-state index in [-0.39, 0.29) is 5.71 Å². The van der Waals surface area contributed by atoms with E-state index in [0.717, 1.165) is 0 Å². The minimum atomic E-state index is -1.17. The molecule has 8 nitrogen and oxygen atoms in total. The molecule has 9 heteroatoms. The van der Waals surface area contributed by atoms with Crippen LogP contribution in [0.1, 0.15) is 5.56 Å². The van der Waals surface area contributed by atoms with Crippen molar-refractivity contribution < 1.29 is 23.7 Å². The number of aromatic nitrogens is 1. The average Bonchev–Trinajstić information content (AvgIpc) is 3.26. The summed E-state index contributed by atoms with van der Waals surface area (Å²) in [5.74, 6) is 0.363. The smallest absolute Gasteiger partial charge is 0.358 e. The molecule has 23 heavy (non-hydrogen) atoms. The van der Waals surface area contributed by atoms with Crippen molar-refractivity contribution in [2.24, 2.45) is 5.16 Å². The zero-order chi connectivity index (χ0) is 16.2. The van der Waals surface area contributed by atoms with Crippen LogP contribution in [0.15, 0.2) is 50.0 Å². The van der Waals surface area contributed by atoms with Gasteiger partial charge in [0.05, 0.1) is 11.3 Å². The van der Waals surface area contributed by atoms with Crippen LogP contribution >= 0.6 is 11.3 Å². The van der Waals surface area contributed by atoms with E-state index in [9.17, 15) is 4.79 Å². The van der Waals surface area contributed by atoms with Crippen LogP contribution in [0.4, 0.5) is 10.8 Å². The Hall–Kier alpha value is -3.07. The first-order chi connectivity index (χ1) is 11.2. The van der Waals surface area contributed by atoms with Crippen molar-refractivity contribution in [1.29, 1.82) is 0 Å². The lowest BCUT2D eigenvalue weighted by Gasteiger charge is -1.97. The molecule has 3 rings (SSSR count). The van der Waals surface area contributed by atoms with Crippen LogP contribution in [-0.4, -0.2) is 29.1 Å². The van der Waals surface area contributed by atoms with Crippen molar-refractivity contribution in [2.45, 2.75) is 0 Å². The highest BCUT2D eigenvalue weighted by Crippen LogP contribution is 2.28. The number of furan rings is 1. The van der Waals surface area contributed by atoms with E-state index in [2.05, 4.69) is 20.5 Å². The summed E-state index contributed by atoms with van der Waals surface area (Å²) in [6, 6.07) is 6.82. The number of hydrogen-bond donors (Lipinski definition) is 2. The first-order valence-electron chi connectivity index (χ1n) is 6.38. The van der Waals surface area contributed by atoms with Gasteiger partial charge in [0.25, 0.3) is 0 Å². The normalized spacial score (nSPS) is 11.4. The molecule has 0 aliphatic heterocycles. The lowest BCUT2D eigenvalue weighted by molar-refractivity contribution is -0.129. The Morgan fingerprint density at radius 1 is 1.43 bits per heavy atom. The molecular formula is C14H11N3O5S. The Morgan fingerprint density at radius 2 is 2.30 bits per heavy atom. The number of thiophene rings is 1. The van der Waals surface area contributed by atoms with Gasteiger partial charge in [0.2, 0.25) is 5.76 Å². The Morgan fingerprint density at radius 3 is 3.00 bits per heavy atom. The summed E-state index contributed by atoms with van der Waals surface area (Å²) < 4.78 is 10.4. The SMILES string of the molecule is CO/N=C(\C(=O)O)c1csc(Nc2cc(-c3ccco3)on2)c1. The van der Waals surface area contributed by atoms with Gasteiger partial charge in [0.15, 0.2) is 17.3 Å². The van der Waals surface area contributed by atoms with E-state index < -0.39 is 5.97 Å². The summed E-state index contributed by atoms with van der Waals surface area (Å²) in [6.07, 6.45) is 1.54. The Bertz CT molecular complexity index is 834. The molecule has 0 aliphatic carbocycles. The second kappa shape index (κ2) is 6.36. The molecule has 0 spiro atoms. The third-order valence-electron chi connectivity index (χ3n) is 2.78. The van der Waals surface area contributed by atoms with Crippen molar-refractivity contribution in [2.75, 3.05) is 12.4 Å². The standard InChI is InChI=1S/C14H11N3O5S/c1-20-17-13(14(18)19)8-5-12(23-7-8)15-11-6-10(22-16-11)9-3-2-4-21-9/h2-7H,1H3,(H,15,16)(H,18,19)/b17-13-. The third-order valence-corrected chi connectivity index (χ3v) is 3.63. The highest BCUT2D eigenvalue weighted by molar-refractivity contribution is 7.14. The number of carboxylic acid groups (broad SMARTS) is 1. The monoisotopic (exact) mass is 333 g/mol. The topological polar surface area (TPSA) is 110 Å². The van der Waals surface area contributed by atoms with Crippen molar-refractivity contribution in [3.63, 3.8) is 0 Å². The maximum atomic E-state index is 11.1. The lowest BCUT2D eigenvalue weighted by Crippen LogP contribution is -2.13. The molecule has 0 atom stereocenters. The summed E-state index contributed by atoms with van der Waals surface area (Å²) in [6.45, 7) is 0. The second-order valence-corrected chi connectivity index (χ2v) is 5.22. The molecule has 0 bridgehead atoms. The number of rotatable bonds is 6. The number of carboxylic acids is 1. The molecule has 0 unspecified atom stereocenters. The fraction of sp³-hybridized carbons (Fsp3) is 0.0714. The van der Waals surface area contributed by atoms with E-state index >= 15 is 0 Å². The number of carbonyl (C=O) groups is 1. The van der Waals surface area contributed by atoms with Gasteiger partial charge in [-0.1, -0.05) is 10.3 Å². The summed E-state index contributed by atoms with van der Waals surface area (Å²) in [7, 11) is 1.29. The van der Waals surface area contributed by atoms with Crippen LogP contribution in [0.3, 0.4) is 0 Å². The van der Waals surface area contributed by atoms with E-state index in [1.165, 1.54) is 18.4 Å². The van der Waals surface area contributed by atoms with Gasteiger partial charge in [-0.2, -0.15) is 0 Å². The van der Waals surface area contributed by atoms with Gasteiger partial charge >= 0.3 is 5.97 Å². The van der Waals surface area contributed by atoms with E-state index in [0.29, 0.717) is 27.9 Å². The molecule has 3 aromatic rings. The molecule has 0 aliphatic rings. The van der Waals surface area contributed by atoms with E-state index in [4.69, 9.17) is 14.0 Å². The van der Waals surface area contributed by atoms with Crippen molar-refractivity contribution >= 4 is 33.8 Å². The first-order valence-corrected chi connectivity index (χ1v) is 7.26. The Balaban J connectivity index is 1.77. The molecule has 0 amide bonds. The van der Waals surface area contributed by atoms with Crippen molar-refractivity contribution in [3.05, 3.63) is 41.5 Å². The lowest BCUT2D eigenvalue weighted by atomic mass is 10.2. The van der Waals surface area contributed by atoms with Gasteiger partial charge in [-0.3, -0.25) is 0 Å². The second-order valence-electron chi connectivity index (χ2n) is 4.31. The van der Waals surface area contributed by atoms with Crippen LogP contribution in [-0.2, 0) is 9.63 Å². The zero-order valence-corrected chi connectivity index (χ0v) is 12.7. The summed E-state index contributed by atoms with van der Waals surface area (Å²) >= 11 is 1.31. The molecule has 3 heterocycles. The summed E-state index contributed by atoms with van der Waals surface area (Å²) in [5.41, 5.74) is 0.259. The highest BCUT2D eigenvalue weighted by atomic mass is 32.1. The number of anilines is 2. The Labute approximate surface area is 134 Å². The van der Waals surface area contributed by atoms with Crippen molar-refractivity contribution in [1.82, 2.24) is 5.16 Å². The number of hydrogen-bond acceptors (Lipinski definition) is 8. The summed E-state index contributed by atoms with van der Waals surface area (Å²) in [5, 5.41) is 21.9. The Kier molecular flexibility index (Phi) is 4.11. The van der Waals surface area contributed by atoms with Gasteiger partial charge in [0, 0.05) is 17.0 Å². The number of nitrogens with one attached hydrogen (secondary N) is 1. The maximum Gasteiger partial charge on any atom is 0.358 e. The fourth-order valence-corrected chi connectivity index (χ4v) is 2.62. The third kappa shape index (κ3) is 3.24. The quantitative estimate of drug-likeness (QED) is 0.526. The predicted octanol–water partition coefficient (Wildman–Crippen LogP) is 3.17. The maximum absolute atomic E-state index is 11.1. The minimum Gasteiger partial charge on any atom is -0.476 e. The van der Waals surface area contributed by atoms with Crippen LogP contribution < -0.4 is 5.32 Å². The van der Waals surface area contributed by atoms with Crippen molar-refractivity contribution in [3.8, 4) is 11.5 Å². The molecule has 0 saturated heterocycles. The molecule has 0 fully saturated rings. The fourth-order valence-electron chi connectivity index (χ4n) is 1.83. The number of oxime groups is 1. The summed E-state index contributed by atoms with van der Waals surface area (Å²) in [4.78, 5) is 15.7. The molecule has 0 radical (unpaired) electrons. The van der Waals surface area contributed by atoms with Gasteiger partial charge in [-0.15, -0.1) is 11.3 Å². The molecule has 118 valence electrons. The minimum absolute atomic E-state index is 0.173.